The Morgan fingerprint density at radius 3 is 2.38 bits per heavy atom. The molecule has 0 aliphatic carbocycles. The number of carboxylic acid groups (broad SMARTS) is 1. The van der Waals surface area contributed by atoms with Crippen molar-refractivity contribution in [3.8, 4) is 11.5 Å². The second kappa shape index (κ2) is 15.5. The molecular formula is C32H36F3N5O5. The highest BCUT2D eigenvalue weighted by Crippen LogP contribution is 2.33. The Bertz CT molecular complexity index is 1610. The first kappa shape index (κ1) is 34.3. The molecule has 240 valence electrons. The zero-order chi connectivity index (χ0) is 33.1. The van der Waals surface area contributed by atoms with Gasteiger partial charge in [0.1, 0.15) is 11.9 Å². The number of rotatable bonds is 11. The molecule has 1 aromatic heterocycles. The number of fused-ring (bicyclic) bond motifs is 1. The van der Waals surface area contributed by atoms with Gasteiger partial charge in [0, 0.05) is 36.6 Å². The Labute approximate surface area is 258 Å². The highest BCUT2D eigenvalue weighted by atomic mass is 19.4. The molecule has 1 amide bonds. The summed E-state index contributed by atoms with van der Waals surface area (Å²) >= 11 is 0. The van der Waals surface area contributed by atoms with Crippen LogP contribution in [0.5, 0.6) is 11.5 Å². The minimum absolute atomic E-state index is 0.00910. The van der Waals surface area contributed by atoms with E-state index in [-0.39, 0.29) is 12.0 Å². The monoisotopic (exact) mass is 627 g/mol. The van der Waals surface area contributed by atoms with Crippen LogP contribution in [0.3, 0.4) is 0 Å². The van der Waals surface area contributed by atoms with Gasteiger partial charge in [0.2, 0.25) is 5.91 Å². The van der Waals surface area contributed by atoms with Gasteiger partial charge in [-0.3, -0.25) is 4.79 Å². The van der Waals surface area contributed by atoms with Gasteiger partial charge >= 0.3 is 12.1 Å². The molecule has 0 radical (unpaired) electrons. The molecule has 1 unspecified atom stereocenters. The average molecular weight is 628 g/mol. The third-order valence-electron chi connectivity index (χ3n) is 6.26. The molecule has 45 heavy (non-hydrogen) atoms. The number of halogens is 3. The van der Waals surface area contributed by atoms with Gasteiger partial charge in [0.25, 0.3) is 0 Å². The lowest BCUT2D eigenvalue weighted by atomic mass is 10.0. The first-order valence-electron chi connectivity index (χ1n) is 14.0. The fraction of sp³-hybridized carbons (Fsp3) is 0.281. The average Bonchev–Trinajstić information content (AvgIpc) is 2.99. The first-order chi connectivity index (χ1) is 21.3. The van der Waals surface area contributed by atoms with Gasteiger partial charge in [-0.15, -0.1) is 0 Å². The highest BCUT2D eigenvalue weighted by Gasteiger charge is 2.38. The molecule has 6 N–H and O–H groups in total. The number of anilines is 3. The summed E-state index contributed by atoms with van der Waals surface area (Å²) in [6.07, 6.45) is -3.42. The summed E-state index contributed by atoms with van der Waals surface area (Å²) in [5.74, 6) is -1.23. The highest BCUT2D eigenvalue weighted by molar-refractivity contribution is 5.94. The lowest BCUT2D eigenvalue weighted by Gasteiger charge is -2.22. The summed E-state index contributed by atoms with van der Waals surface area (Å²) in [5.41, 5.74) is 9.54. The number of benzene rings is 3. The van der Waals surface area contributed by atoms with Crippen LogP contribution in [-0.2, 0) is 16.1 Å². The molecule has 0 fully saturated rings. The van der Waals surface area contributed by atoms with Gasteiger partial charge < -0.3 is 36.3 Å². The van der Waals surface area contributed by atoms with Crippen LogP contribution in [0.25, 0.3) is 10.8 Å². The van der Waals surface area contributed by atoms with E-state index in [1.54, 1.807) is 6.20 Å². The molecule has 13 heteroatoms. The van der Waals surface area contributed by atoms with E-state index >= 15 is 0 Å². The Balaban J connectivity index is 0.000000707. The van der Waals surface area contributed by atoms with Crippen molar-refractivity contribution >= 4 is 39.8 Å². The van der Waals surface area contributed by atoms with Gasteiger partial charge in [0.15, 0.2) is 11.5 Å². The first-order valence-corrected chi connectivity index (χ1v) is 14.0. The van der Waals surface area contributed by atoms with Gasteiger partial charge in [-0.25, -0.2) is 9.78 Å². The number of carbonyl (C=O) groups excluding carboxylic acids is 1. The van der Waals surface area contributed by atoms with E-state index in [4.69, 9.17) is 25.1 Å². The SMILES string of the molecule is CCOc1cc(C(Nc2ccc3c(N)nccc3c2)C(=O)NCc2cccc(NC)c2)ccc1OC(C)C.O=C(O)C(F)(F)F. The second-order valence-electron chi connectivity index (χ2n) is 9.99. The van der Waals surface area contributed by atoms with Gasteiger partial charge in [-0.2, -0.15) is 13.2 Å². The van der Waals surface area contributed by atoms with Crippen molar-refractivity contribution in [2.24, 2.45) is 0 Å². The molecule has 1 heterocycles. The van der Waals surface area contributed by atoms with Crippen molar-refractivity contribution in [3.63, 3.8) is 0 Å². The number of alkyl halides is 3. The molecule has 4 rings (SSSR count). The summed E-state index contributed by atoms with van der Waals surface area (Å²) in [6, 6.07) is 20.5. The summed E-state index contributed by atoms with van der Waals surface area (Å²) in [5, 5.41) is 18.5. The van der Waals surface area contributed by atoms with E-state index in [9.17, 15) is 18.0 Å². The lowest BCUT2D eigenvalue weighted by molar-refractivity contribution is -0.192. The molecule has 0 aliphatic rings. The smallest absolute Gasteiger partial charge is 0.490 e. The number of aliphatic carboxylic acids is 1. The quantitative estimate of drug-likeness (QED) is 0.132. The minimum Gasteiger partial charge on any atom is -0.490 e. The number of hydrogen-bond donors (Lipinski definition) is 5. The topological polar surface area (TPSA) is 148 Å². The largest absolute Gasteiger partial charge is 0.490 e. The Hall–Kier alpha value is -5.20. The summed E-state index contributed by atoms with van der Waals surface area (Å²) < 4.78 is 43.5. The Morgan fingerprint density at radius 1 is 1.00 bits per heavy atom. The maximum Gasteiger partial charge on any atom is 0.490 e. The minimum atomic E-state index is -5.08. The van der Waals surface area contributed by atoms with Crippen molar-refractivity contribution in [2.45, 2.75) is 45.6 Å². The number of pyridine rings is 1. The van der Waals surface area contributed by atoms with Crippen LogP contribution in [0.4, 0.5) is 30.4 Å². The van der Waals surface area contributed by atoms with Gasteiger partial charge in [-0.1, -0.05) is 18.2 Å². The van der Waals surface area contributed by atoms with E-state index in [0.29, 0.717) is 30.5 Å². The van der Waals surface area contributed by atoms with Crippen LogP contribution >= 0.6 is 0 Å². The number of aromatic nitrogens is 1. The van der Waals surface area contributed by atoms with Crippen LogP contribution in [0.1, 0.15) is 37.9 Å². The predicted octanol–water partition coefficient (Wildman–Crippen LogP) is 6.15. The van der Waals surface area contributed by atoms with Crippen molar-refractivity contribution in [1.29, 1.82) is 0 Å². The number of carbonyl (C=O) groups is 2. The van der Waals surface area contributed by atoms with E-state index in [0.717, 1.165) is 33.3 Å². The normalized spacial score (nSPS) is 11.6. The molecule has 0 aliphatic heterocycles. The number of carboxylic acids is 1. The van der Waals surface area contributed by atoms with Crippen LogP contribution in [-0.4, -0.2) is 47.9 Å². The van der Waals surface area contributed by atoms with Crippen LogP contribution in [0.2, 0.25) is 0 Å². The number of nitrogens with one attached hydrogen (secondary N) is 3. The molecule has 0 saturated carbocycles. The molecule has 0 spiro atoms. The summed E-state index contributed by atoms with van der Waals surface area (Å²) in [6.45, 7) is 6.71. The molecule has 0 saturated heterocycles. The van der Waals surface area contributed by atoms with Crippen molar-refractivity contribution < 1.29 is 37.3 Å². The van der Waals surface area contributed by atoms with Crippen LogP contribution in [0, 0.1) is 0 Å². The number of nitrogen functional groups attached to an aromatic ring is 1. The third-order valence-corrected chi connectivity index (χ3v) is 6.26. The van der Waals surface area contributed by atoms with Gasteiger partial charge in [-0.05, 0) is 85.8 Å². The molecule has 1 atom stereocenters. The van der Waals surface area contributed by atoms with E-state index in [2.05, 4.69) is 20.9 Å². The molecule has 10 nitrogen and oxygen atoms in total. The van der Waals surface area contributed by atoms with E-state index in [1.807, 2.05) is 94.5 Å². The summed E-state index contributed by atoms with van der Waals surface area (Å²) in [4.78, 5) is 26.7. The van der Waals surface area contributed by atoms with Crippen molar-refractivity contribution in [2.75, 3.05) is 30.0 Å². The fourth-order valence-electron chi connectivity index (χ4n) is 4.21. The standard InChI is InChI=1S/C30H35N5O3.C2HF3O2/c1-5-37-27-17-22(9-12-26(27)38-19(2)3)28(30(36)34-18-20-7-6-8-23(15-20)32-4)35-24-10-11-25-21(16-24)13-14-33-29(25)31;3-2(4,5)1(6)7/h6-17,19,28,32,35H,5,18H2,1-4H3,(H2,31,33)(H,34,36);(H,6,7). The zero-order valence-electron chi connectivity index (χ0n) is 25.2. The Kier molecular flexibility index (Phi) is 11.8. The number of nitrogens with zero attached hydrogens (tertiary/aromatic N) is 1. The van der Waals surface area contributed by atoms with Crippen LogP contribution in [0.15, 0.2) is 72.9 Å². The zero-order valence-corrected chi connectivity index (χ0v) is 25.2. The van der Waals surface area contributed by atoms with E-state index in [1.165, 1.54) is 0 Å². The molecule has 0 bridgehead atoms. The molecular weight excluding hydrogens is 591 g/mol. The van der Waals surface area contributed by atoms with Gasteiger partial charge in [0.05, 0.1) is 12.7 Å². The molecule has 4 aromatic rings. The second-order valence-corrected chi connectivity index (χ2v) is 9.99. The lowest BCUT2D eigenvalue weighted by Crippen LogP contribution is -2.33. The third kappa shape index (κ3) is 9.91. The van der Waals surface area contributed by atoms with Crippen molar-refractivity contribution in [3.05, 3.63) is 84.1 Å². The number of hydrogen-bond acceptors (Lipinski definition) is 8. The number of ether oxygens (including phenoxy) is 2. The van der Waals surface area contributed by atoms with Crippen molar-refractivity contribution in [1.82, 2.24) is 10.3 Å². The summed E-state index contributed by atoms with van der Waals surface area (Å²) in [7, 11) is 1.87. The predicted molar refractivity (Wildman–Crippen MR) is 167 cm³/mol. The van der Waals surface area contributed by atoms with E-state index < -0.39 is 18.2 Å². The molecule has 3 aromatic carbocycles. The maximum atomic E-state index is 13.6. The number of nitrogens with two attached hydrogens (primary N) is 1. The number of amides is 1. The fourth-order valence-corrected chi connectivity index (χ4v) is 4.21. The van der Waals surface area contributed by atoms with Crippen LogP contribution < -0.4 is 31.2 Å². The Morgan fingerprint density at radius 2 is 1.73 bits per heavy atom. The maximum absolute atomic E-state index is 13.6.